The molecule has 10 heteroatoms. The molecule has 0 unspecified atom stereocenters. The van der Waals surface area contributed by atoms with Gasteiger partial charge in [-0.3, -0.25) is 18.7 Å². The first-order chi connectivity index (χ1) is 15.3. The number of aromatic nitrogens is 4. The van der Waals surface area contributed by atoms with E-state index in [1.807, 2.05) is 12.1 Å². The van der Waals surface area contributed by atoms with Crippen LogP contribution in [0, 0.1) is 0 Å². The maximum Gasteiger partial charge on any atom is 0.332 e. The van der Waals surface area contributed by atoms with E-state index in [1.54, 1.807) is 48.0 Å². The number of Topliss-reactive ketones (excluding diaryl/α,β-unsaturated/α-hetero) is 1. The Balaban J connectivity index is 1.77. The maximum atomic E-state index is 13.0. The smallest absolute Gasteiger partial charge is 0.309 e. The van der Waals surface area contributed by atoms with E-state index in [-0.39, 0.29) is 17.2 Å². The Labute approximate surface area is 197 Å². The highest BCUT2D eigenvalue weighted by Crippen LogP contribution is 2.24. The molecule has 0 aliphatic rings. The average Bonchev–Trinajstić information content (AvgIpc) is 3.15. The Morgan fingerprint density at radius 1 is 0.938 bits per heavy atom. The zero-order valence-electron chi connectivity index (χ0n) is 17.2. The number of nitrogens with zero attached hydrogens (tertiary/aromatic N) is 4. The molecule has 0 spiro atoms. The molecule has 0 saturated heterocycles. The van der Waals surface area contributed by atoms with Crippen LogP contribution in [0.2, 0.25) is 10.0 Å². The Bertz CT molecular complexity index is 1440. The number of hydrogen-bond acceptors (Lipinski definition) is 5. The summed E-state index contributed by atoms with van der Waals surface area (Å²) in [6.07, 6.45) is 0. The number of carbonyl (C=O) groups excluding carboxylic acids is 1. The van der Waals surface area contributed by atoms with Crippen LogP contribution in [-0.4, -0.2) is 30.2 Å². The van der Waals surface area contributed by atoms with Crippen molar-refractivity contribution in [2.24, 2.45) is 14.1 Å². The summed E-state index contributed by atoms with van der Waals surface area (Å²) in [5.74, 6) is 0.0124. The summed E-state index contributed by atoms with van der Waals surface area (Å²) in [6.45, 7) is 0.332. The number of aryl methyl sites for hydroxylation is 1. The highest BCUT2D eigenvalue weighted by Gasteiger charge is 2.20. The van der Waals surface area contributed by atoms with E-state index in [9.17, 15) is 14.4 Å². The van der Waals surface area contributed by atoms with Crippen molar-refractivity contribution in [2.75, 3.05) is 5.75 Å². The Morgan fingerprint density at radius 2 is 1.53 bits per heavy atom. The monoisotopic (exact) mass is 488 g/mol. The highest BCUT2D eigenvalue weighted by molar-refractivity contribution is 7.99. The van der Waals surface area contributed by atoms with Crippen molar-refractivity contribution in [3.63, 3.8) is 0 Å². The first-order valence-electron chi connectivity index (χ1n) is 9.58. The van der Waals surface area contributed by atoms with Crippen molar-refractivity contribution >= 4 is 51.9 Å². The highest BCUT2D eigenvalue weighted by atomic mass is 35.5. The number of carbonyl (C=O) groups is 1. The third-order valence-corrected chi connectivity index (χ3v) is 6.55. The average molecular weight is 489 g/mol. The Morgan fingerprint density at radius 3 is 2.16 bits per heavy atom. The molecule has 0 atom stereocenters. The number of thioether (sulfide) groups is 1. The van der Waals surface area contributed by atoms with Crippen LogP contribution in [0.4, 0.5) is 0 Å². The standard InChI is InChI=1S/C22H18Cl2N4O3S/c1-26-19-18(20(30)27(2)22(26)31)28(11-13-3-7-15(23)8-4-13)21(25-19)32-12-17(29)14-5-9-16(24)10-6-14/h3-10H,11-12H2,1-2H3. The van der Waals surface area contributed by atoms with E-state index >= 15 is 0 Å². The summed E-state index contributed by atoms with van der Waals surface area (Å²) in [6, 6.07) is 13.9. The summed E-state index contributed by atoms with van der Waals surface area (Å²) in [5, 5.41) is 1.62. The van der Waals surface area contributed by atoms with Crippen molar-refractivity contribution < 1.29 is 4.79 Å². The van der Waals surface area contributed by atoms with Gasteiger partial charge in [-0.1, -0.05) is 47.1 Å². The minimum Gasteiger partial charge on any atom is -0.309 e. The molecular formula is C22H18Cl2N4O3S. The molecule has 4 aromatic rings. The lowest BCUT2D eigenvalue weighted by Crippen LogP contribution is -2.37. The van der Waals surface area contributed by atoms with Crippen LogP contribution in [0.1, 0.15) is 15.9 Å². The van der Waals surface area contributed by atoms with Gasteiger partial charge in [0.25, 0.3) is 5.56 Å². The predicted molar refractivity (Wildman–Crippen MR) is 127 cm³/mol. The predicted octanol–water partition coefficient (Wildman–Crippen LogP) is 3.76. The summed E-state index contributed by atoms with van der Waals surface area (Å²) < 4.78 is 4.12. The molecule has 164 valence electrons. The largest absolute Gasteiger partial charge is 0.332 e. The minimum atomic E-state index is -0.465. The molecule has 0 saturated carbocycles. The maximum absolute atomic E-state index is 13.0. The topological polar surface area (TPSA) is 78.9 Å². The second-order valence-electron chi connectivity index (χ2n) is 7.20. The summed E-state index contributed by atoms with van der Waals surface area (Å²) in [7, 11) is 3.00. The van der Waals surface area contributed by atoms with Gasteiger partial charge in [0.15, 0.2) is 22.1 Å². The lowest BCUT2D eigenvalue weighted by atomic mass is 10.1. The molecule has 0 bridgehead atoms. The van der Waals surface area contributed by atoms with E-state index < -0.39 is 11.2 Å². The third-order valence-electron chi connectivity index (χ3n) is 5.07. The number of halogens is 2. The lowest BCUT2D eigenvalue weighted by Gasteiger charge is -2.10. The number of benzene rings is 2. The fourth-order valence-corrected chi connectivity index (χ4v) is 4.45. The zero-order valence-corrected chi connectivity index (χ0v) is 19.5. The van der Waals surface area contributed by atoms with Crippen molar-refractivity contribution in [3.05, 3.63) is 90.5 Å². The lowest BCUT2D eigenvalue weighted by molar-refractivity contribution is 0.102. The summed E-state index contributed by atoms with van der Waals surface area (Å²) >= 11 is 13.1. The zero-order chi connectivity index (χ0) is 23.0. The molecule has 2 aromatic heterocycles. The minimum absolute atomic E-state index is 0.0986. The SMILES string of the molecule is Cn1c(=O)c2c(nc(SCC(=O)c3ccc(Cl)cc3)n2Cc2ccc(Cl)cc2)n(C)c1=O. The van der Waals surface area contributed by atoms with Crippen molar-refractivity contribution in [1.82, 2.24) is 18.7 Å². The molecule has 7 nitrogen and oxygen atoms in total. The molecule has 0 fully saturated rings. The van der Waals surface area contributed by atoms with E-state index in [1.165, 1.54) is 23.4 Å². The molecule has 0 aliphatic carbocycles. The van der Waals surface area contributed by atoms with E-state index in [0.717, 1.165) is 10.1 Å². The van der Waals surface area contributed by atoms with Gasteiger partial charge in [-0.25, -0.2) is 9.78 Å². The van der Waals surface area contributed by atoms with Crippen LogP contribution in [0.25, 0.3) is 11.2 Å². The number of imidazole rings is 1. The van der Waals surface area contributed by atoms with Gasteiger partial charge < -0.3 is 4.57 Å². The van der Waals surface area contributed by atoms with Crippen molar-refractivity contribution in [3.8, 4) is 0 Å². The molecule has 32 heavy (non-hydrogen) atoms. The van der Waals surface area contributed by atoms with Gasteiger partial charge in [0.05, 0.1) is 12.3 Å². The molecule has 4 rings (SSSR count). The van der Waals surface area contributed by atoms with Crippen molar-refractivity contribution in [2.45, 2.75) is 11.7 Å². The first-order valence-corrected chi connectivity index (χ1v) is 11.3. The van der Waals surface area contributed by atoms with Gasteiger partial charge in [-0.2, -0.15) is 0 Å². The number of ketones is 1. The quantitative estimate of drug-likeness (QED) is 0.305. The molecule has 2 heterocycles. The molecule has 0 aliphatic heterocycles. The van der Waals surface area contributed by atoms with Crippen LogP contribution in [-0.2, 0) is 20.6 Å². The molecule has 2 aromatic carbocycles. The Hall–Kier alpha value is -2.81. The third kappa shape index (κ3) is 4.26. The van der Waals surface area contributed by atoms with Gasteiger partial charge in [0, 0.05) is 29.7 Å². The van der Waals surface area contributed by atoms with Crippen LogP contribution < -0.4 is 11.2 Å². The molecule has 0 amide bonds. The molecular weight excluding hydrogens is 471 g/mol. The van der Waals surface area contributed by atoms with E-state index in [0.29, 0.717) is 32.8 Å². The molecule has 0 N–H and O–H groups in total. The number of rotatable bonds is 6. The second kappa shape index (κ2) is 8.97. The number of hydrogen-bond donors (Lipinski definition) is 0. The first kappa shape index (κ1) is 22.4. The van der Waals surface area contributed by atoms with Crippen LogP contribution >= 0.6 is 35.0 Å². The van der Waals surface area contributed by atoms with Gasteiger partial charge in [0.2, 0.25) is 0 Å². The Kier molecular flexibility index (Phi) is 6.28. The van der Waals surface area contributed by atoms with E-state index in [2.05, 4.69) is 4.98 Å². The van der Waals surface area contributed by atoms with Gasteiger partial charge in [0.1, 0.15) is 0 Å². The van der Waals surface area contributed by atoms with E-state index in [4.69, 9.17) is 23.2 Å². The van der Waals surface area contributed by atoms with Crippen molar-refractivity contribution in [1.29, 1.82) is 0 Å². The van der Waals surface area contributed by atoms with Gasteiger partial charge >= 0.3 is 5.69 Å². The van der Waals surface area contributed by atoms with Crippen LogP contribution in [0.3, 0.4) is 0 Å². The second-order valence-corrected chi connectivity index (χ2v) is 9.02. The molecule has 0 radical (unpaired) electrons. The normalized spacial score (nSPS) is 11.2. The fraction of sp³-hybridized carbons (Fsp3) is 0.182. The number of fused-ring (bicyclic) bond motifs is 1. The van der Waals surface area contributed by atoms with Crippen LogP contribution in [0.15, 0.2) is 63.3 Å². The van der Waals surface area contributed by atoms with Crippen LogP contribution in [0.5, 0.6) is 0 Å². The fourth-order valence-electron chi connectivity index (χ4n) is 3.31. The van der Waals surface area contributed by atoms with Gasteiger partial charge in [-0.05, 0) is 42.0 Å². The summed E-state index contributed by atoms with van der Waals surface area (Å²) in [4.78, 5) is 42.5. The summed E-state index contributed by atoms with van der Waals surface area (Å²) in [5.41, 5.74) is 1.09. The van der Waals surface area contributed by atoms with Gasteiger partial charge in [-0.15, -0.1) is 0 Å².